The molecule has 0 unspecified atom stereocenters. The van der Waals surface area contributed by atoms with Crippen molar-refractivity contribution < 1.29 is 24.0 Å². The molecule has 1 atom stereocenters. The van der Waals surface area contributed by atoms with Crippen molar-refractivity contribution in [2.75, 3.05) is 6.61 Å². The molecule has 0 saturated heterocycles. The highest BCUT2D eigenvalue weighted by Crippen LogP contribution is 2.18. The van der Waals surface area contributed by atoms with Crippen LogP contribution in [0.2, 0.25) is 0 Å². The van der Waals surface area contributed by atoms with Crippen LogP contribution in [0.25, 0.3) is 0 Å². The number of alkyl carbamates (subject to hydrolysis) is 1. The van der Waals surface area contributed by atoms with E-state index in [1.807, 2.05) is 30.3 Å². The molecule has 186 valence electrons. The maximum Gasteiger partial charge on any atom is 0.407 e. The van der Waals surface area contributed by atoms with Crippen LogP contribution in [0.4, 0.5) is 10.5 Å². The number of hydrogen-bond donors (Lipinski definition) is 2. The minimum atomic E-state index is -0.599. The maximum absolute atomic E-state index is 12.4. The van der Waals surface area contributed by atoms with Gasteiger partial charge in [-0.25, -0.2) is 10.2 Å². The number of hydrazone groups is 1. The summed E-state index contributed by atoms with van der Waals surface area (Å²) in [6, 6.07) is 21.8. The molecule has 0 aromatic heterocycles. The fourth-order valence-electron chi connectivity index (χ4n) is 3.19. The number of non-ortho nitro benzene ring substituents is 1. The molecular weight excluding hydrogens is 464 g/mol. The maximum atomic E-state index is 12.4. The highest BCUT2D eigenvalue weighted by Gasteiger charge is 2.18. The van der Waals surface area contributed by atoms with Crippen LogP contribution in [0.3, 0.4) is 0 Å². The fraction of sp³-hybridized carbons (Fsp3) is 0.192. The lowest BCUT2D eigenvalue weighted by molar-refractivity contribution is -0.384. The second-order valence-corrected chi connectivity index (χ2v) is 7.61. The Kier molecular flexibility index (Phi) is 9.51. The molecule has 0 radical (unpaired) electrons. The summed E-state index contributed by atoms with van der Waals surface area (Å²) in [5, 5.41) is 17.4. The van der Waals surface area contributed by atoms with Gasteiger partial charge in [-0.2, -0.15) is 5.10 Å². The molecular formula is C26H26N4O6. The zero-order valence-corrected chi connectivity index (χ0v) is 19.6. The summed E-state index contributed by atoms with van der Waals surface area (Å²) in [4.78, 5) is 34.6. The Bertz CT molecular complexity index is 1180. The van der Waals surface area contributed by atoms with Gasteiger partial charge in [0, 0.05) is 12.1 Å². The van der Waals surface area contributed by atoms with Crippen LogP contribution >= 0.6 is 0 Å². The number of rotatable bonds is 11. The molecule has 36 heavy (non-hydrogen) atoms. The van der Waals surface area contributed by atoms with Gasteiger partial charge in [-0.3, -0.25) is 14.9 Å². The summed E-state index contributed by atoms with van der Waals surface area (Å²) in [6.07, 6.45) is 0.878. The van der Waals surface area contributed by atoms with Gasteiger partial charge in [-0.15, -0.1) is 0 Å². The molecule has 0 aliphatic heterocycles. The third kappa shape index (κ3) is 8.24. The number of nitrogens with one attached hydrogen (secondary N) is 2. The zero-order valence-electron chi connectivity index (χ0n) is 19.6. The summed E-state index contributed by atoms with van der Waals surface area (Å²) < 4.78 is 10.6. The second-order valence-electron chi connectivity index (χ2n) is 7.61. The molecule has 2 N–H and O–H groups in total. The van der Waals surface area contributed by atoms with E-state index in [4.69, 9.17) is 9.47 Å². The quantitative estimate of drug-likeness (QED) is 0.231. The van der Waals surface area contributed by atoms with Gasteiger partial charge in [-0.1, -0.05) is 30.3 Å². The summed E-state index contributed by atoms with van der Waals surface area (Å²) in [6.45, 7) is 2.20. The van der Waals surface area contributed by atoms with Gasteiger partial charge in [0.05, 0.1) is 30.2 Å². The fourth-order valence-corrected chi connectivity index (χ4v) is 3.19. The number of ether oxygens (including phenoxy) is 2. The molecule has 0 aliphatic carbocycles. The lowest BCUT2D eigenvalue weighted by atomic mass is 10.0. The van der Waals surface area contributed by atoms with Crippen molar-refractivity contribution in [2.45, 2.75) is 26.0 Å². The Morgan fingerprint density at radius 1 is 1.03 bits per heavy atom. The number of nitro groups is 1. The van der Waals surface area contributed by atoms with Crippen molar-refractivity contribution in [3.8, 4) is 5.75 Å². The van der Waals surface area contributed by atoms with E-state index in [9.17, 15) is 19.7 Å². The molecule has 3 aromatic carbocycles. The van der Waals surface area contributed by atoms with Gasteiger partial charge in [0.15, 0.2) is 0 Å². The minimum Gasteiger partial charge on any atom is -0.489 e. The standard InChI is InChI=1S/C26H26N4O6/c1-2-35-26(32)28-24(21-6-4-3-5-7-21)16-25(31)29-27-17-19-10-14-23(15-11-19)36-18-20-8-12-22(13-9-20)30(33)34/h3-15,17,24H,2,16,18H2,1H3,(H,28,32)(H,29,31)/b27-17-/t24-/m0/s1. The van der Waals surface area contributed by atoms with E-state index in [0.29, 0.717) is 5.75 Å². The van der Waals surface area contributed by atoms with E-state index in [1.165, 1.54) is 18.3 Å². The van der Waals surface area contributed by atoms with E-state index in [-0.39, 0.29) is 31.2 Å². The molecule has 3 rings (SSSR count). The van der Waals surface area contributed by atoms with Crippen LogP contribution < -0.4 is 15.5 Å². The second kappa shape index (κ2) is 13.2. The van der Waals surface area contributed by atoms with Crippen LogP contribution in [0.1, 0.15) is 36.1 Å². The molecule has 0 fully saturated rings. The Balaban J connectivity index is 1.50. The minimum absolute atomic E-state index is 0.0183. The number of benzene rings is 3. The number of nitro benzene ring substituents is 1. The van der Waals surface area contributed by atoms with Crippen molar-refractivity contribution in [2.24, 2.45) is 5.10 Å². The lowest BCUT2D eigenvalue weighted by Gasteiger charge is -2.18. The van der Waals surface area contributed by atoms with Crippen molar-refractivity contribution >= 4 is 23.9 Å². The van der Waals surface area contributed by atoms with Crippen LogP contribution in [-0.2, 0) is 16.1 Å². The molecule has 10 heteroatoms. The Hall–Kier alpha value is -4.73. The van der Waals surface area contributed by atoms with Crippen molar-refractivity contribution in [3.05, 3.63) is 106 Å². The Morgan fingerprint density at radius 2 is 1.72 bits per heavy atom. The molecule has 2 amide bonds. The average molecular weight is 491 g/mol. The van der Waals surface area contributed by atoms with Crippen molar-refractivity contribution in [1.82, 2.24) is 10.7 Å². The molecule has 0 aliphatic rings. The third-order valence-electron chi connectivity index (χ3n) is 4.99. The average Bonchev–Trinajstić information content (AvgIpc) is 2.89. The van der Waals surface area contributed by atoms with Gasteiger partial charge in [0.1, 0.15) is 12.4 Å². The lowest BCUT2D eigenvalue weighted by Crippen LogP contribution is -2.33. The Labute approximate surface area is 208 Å². The van der Waals surface area contributed by atoms with Crippen LogP contribution in [0, 0.1) is 10.1 Å². The first-order valence-corrected chi connectivity index (χ1v) is 11.2. The van der Waals surface area contributed by atoms with Gasteiger partial charge in [0.25, 0.3) is 5.69 Å². The van der Waals surface area contributed by atoms with E-state index < -0.39 is 17.1 Å². The zero-order chi connectivity index (χ0) is 25.8. The predicted molar refractivity (Wildman–Crippen MR) is 134 cm³/mol. The molecule has 3 aromatic rings. The Morgan fingerprint density at radius 3 is 2.36 bits per heavy atom. The van der Waals surface area contributed by atoms with Gasteiger partial charge >= 0.3 is 6.09 Å². The summed E-state index contributed by atoms with van der Waals surface area (Å²) in [5.74, 6) is 0.241. The smallest absolute Gasteiger partial charge is 0.407 e. The third-order valence-corrected chi connectivity index (χ3v) is 4.99. The van der Waals surface area contributed by atoms with Crippen molar-refractivity contribution in [1.29, 1.82) is 0 Å². The largest absolute Gasteiger partial charge is 0.489 e. The molecule has 0 bridgehead atoms. The first-order chi connectivity index (χ1) is 17.4. The van der Waals surface area contributed by atoms with E-state index in [1.54, 1.807) is 43.3 Å². The van der Waals surface area contributed by atoms with E-state index >= 15 is 0 Å². The number of nitrogens with zero attached hydrogens (tertiary/aromatic N) is 2. The highest BCUT2D eigenvalue weighted by atomic mass is 16.6. The molecule has 0 saturated carbocycles. The van der Waals surface area contributed by atoms with Crippen molar-refractivity contribution in [3.63, 3.8) is 0 Å². The van der Waals surface area contributed by atoms with Crippen LogP contribution in [0.5, 0.6) is 5.75 Å². The van der Waals surface area contributed by atoms with Crippen LogP contribution in [0.15, 0.2) is 84.0 Å². The molecule has 0 spiro atoms. The predicted octanol–water partition coefficient (Wildman–Crippen LogP) is 4.50. The SMILES string of the molecule is CCOC(=O)N[C@@H](CC(=O)N/N=C\c1ccc(OCc2ccc([N+](=O)[O-])cc2)cc1)c1ccccc1. The van der Waals surface area contributed by atoms with E-state index in [0.717, 1.165) is 16.7 Å². The number of carbonyl (C=O) groups excluding carboxylic acids is 2. The summed E-state index contributed by atoms with van der Waals surface area (Å²) in [7, 11) is 0. The molecule has 0 heterocycles. The molecule has 10 nitrogen and oxygen atoms in total. The number of hydrogen-bond acceptors (Lipinski definition) is 7. The first-order valence-electron chi connectivity index (χ1n) is 11.2. The van der Waals surface area contributed by atoms with Gasteiger partial charge in [-0.05, 0) is 60.0 Å². The number of amides is 2. The summed E-state index contributed by atoms with van der Waals surface area (Å²) in [5.41, 5.74) is 4.81. The topological polar surface area (TPSA) is 132 Å². The monoisotopic (exact) mass is 490 g/mol. The normalized spacial score (nSPS) is 11.5. The van der Waals surface area contributed by atoms with E-state index in [2.05, 4.69) is 15.8 Å². The summed E-state index contributed by atoms with van der Waals surface area (Å²) >= 11 is 0. The van der Waals surface area contributed by atoms with Gasteiger partial charge in [0.2, 0.25) is 5.91 Å². The first kappa shape index (κ1) is 25.9. The number of carbonyl (C=O) groups is 2. The van der Waals surface area contributed by atoms with Crippen LogP contribution in [-0.4, -0.2) is 29.7 Å². The van der Waals surface area contributed by atoms with Gasteiger partial charge < -0.3 is 14.8 Å². The highest BCUT2D eigenvalue weighted by molar-refractivity contribution is 5.83.